The van der Waals surface area contributed by atoms with E-state index in [-0.39, 0.29) is 5.91 Å². The van der Waals surface area contributed by atoms with Gasteiger partial charge in [0.05, 0.1) is 6.54 Å². The van der Waals surface area contributed by atoms with Crippen molar-refractivity contribution in [2.45, 2.75) is 13.8 Å². The fraction of sp³-hybridized carbons (Fsp3) is 0.333. The number of nitrogens with zero attached hydrogens (tertiary/aromatic N) is 1. The van der Waals surface area contributed by atoms with E-state index >= 15 is 0 Å². The Hall–Kier alpha value is -1.84. The second-order valence-electron chi connectivity index (χ2n) is 3.93. The molecule has 0 aliphatic carbocycles. The number of nitrogens with one attached hydrogen (secondary N) is 2. The molecular formula is C12H15N3O. The molecule has 0 unspecified atom stereocenters. The lowest BCUT2D eigenvalue weighted by Gasteiger charge is -2.09. The van der Waals surface area contributed by atoms with Crippen LogP contribution in [0.15, 0.2) is 23.2 Å². The number of benzene rings is 1. The molecule has 1 aromatic carbocycles. The summed E-state index contributed by atoms with van der Waals surface area (Å²) >= 11 is 0. The van der Waals surface area contributed by atoms with Crippen molar-refractivity contribution < 1.29 is 4.79 Å². The van der Waals surface area contributed by atoms with E-state index in [0.717, 1.165) is 17.8 Å². The number of hydrogen-bond donors (Lipinski definition) is 2. The van der Waals surface area contributed by atoms with Crippen LogP contribution in [0.5, 0.6) is 0 Å². The van der Waals surface area contributed by atoms with E-state index in [1.807, 2.05) is 32.0 Å². The highest BCUT2D eigenvalue weighted by Crippen LogP contribution is 2.15. The highest BCUT2D eigenvalue weighted by molar-refractivity contribution is 6.42. The largest absolute Gasteiger partial charge is 0.364 e. The van der Waals surface area contributed by atoms with Crippen LogP contribution in [-0.2, 0) is 4.79 Å². The zero-order chi connectivity index (χ0) is 11.5. The van der Waals surface area contributed by atoms with Crippen LogP contribution in [0, 0.1) is 13.8 Å². The molecule has 0 aromatic heterocycles. The number of aliphatic imine (C=N–C) groups is 1. The summed E-state index contributed by atoms with van der Waals surface area (Å²) in [6.07, 6.45) is 0. The van der Waals surface area contributed by atoms with Gasteiger partial charge in [0.1, 0.15) is 0 Å². The Bertz CT molecular complexity index is 452. The van der Waals surface area contributed by atoms with Crippen LogP contribution >= 0.6 is 0 Å². The molecule has 2 N–H and O–H groups in total. The van der Waals surface area contributed by atoms with Gasteiger partial charge in [0.15, 0.2) is 5.84 Å². The fourth-order valence-corrected chi connectivity index (χ4v) is 1.69. The van der Waals surface area contributed by atoms with Gasteiger partial charge in [-0.25, -0.2) is 0 Å². The normalized spacial score (nSPS) is 14.2. The molecule has 1 aliphatic rings. The zero-order valence-corrected chi connectivity index (χ0v) is 9.50. The van der Waals surface area contributed by atoms with Crippen molar-refractivity contribution in [3.05, 3.63) is 29.3 Å². The molecule has 0 saturated carbocycles. The van der Waals surface area contributed by atoms with Crippen molar-refractivity contribution >= 4 is 17.4 Å². The Morgan fingerprint density at radius 1 is 1.44 bits per heavy atom. The van der Waals surface area contributed by atoms with E-state index in [9.17, 15) is 4.79 Å². The van der Waals surface area contributed by atoms with E-state index in [0.29, 0.717) is 12.4 Å². The lowest BCUT2D eigenvalue weighted by molar-refractivity contribution is -0.110. The first-order valence-corrected chi connectivity index (χ1v) is 5.34. The number of carbonyl (C=O) groups excluding carboxylic acids is 1. The lowest BCUT2D eigenvalue weighted by atomic mass is 10.1. The number of hydrogen-bond acceptors (Lipinski definition) is 3. The van der Waals surface area contributed by atoms with E-state index in [1.54, 1.807) is 0 Å². The first-order valence-electron chi connectivity index (χ1n) is 5.34. The van der Waals surface area contributed by atoms with Crippen LogP contribution in [0.25, 0.3) is 0 Å². The molecule has 0 radical (unpaired) electrons. The molecule has 0 bridgehead atoms. The molecule has 16 heavy (non-hydrogen) atoms. The van der Waals surface area contributed by atoms with Gasteiger partial charge < -0.3 is 10.6 Å². The van der Waals surface area contributed by atoms with Gasteiger partial charge in [0.25, 0.3) is 5.91 Å². The van der Waals surface area contributed by atoms with Crippen LogP contribution < -0.4 is 10.6 Å². The maximum Gasteiger partial charge on any atom is 0.290 e. The maximum absolute atomic E-state index is 11.7. The monoisotopic (exact) mass is 217 g/mol. The summed E-state index contributed by atoms with van der Waals surface area (Å²) in [5.41, 5.74) is 3.09. The van der Waals surface area contributed by atoms with Gasteiger partial charge in [-0.1, -0.05) is 17.7 Å². The number of carbonyl (C=O) groups is 1. The van der Waals surface area contributed by atoms with Crippen molar-refractivity contribution in [2.24, 2.45) is 4.99 Å². The Morgan fingerprint density at radius 2 is 2.25 bits per heavy atom. The number of amides is 1. The predicted molar refractivity (Wildman–Crippen MR) is 64.9 cm³/mol. The second-order valence-corrected chi connectivity index (χ2v) is 3.93. The maximum atomic E-state index is 11.7. The summed E-state index contributed by atoms with van der Waals surface area (Å²) in [4.78, 5) is 15.8. The zero-order valence-electron chi connectivity index (χ0n) is 9.50. The topological polar surface area (TPSA) is 53.5 Å². The number of rotatable bonds is 2. The Balaban J connectivity index is 2.11. The molecule has 1 aliphatic heterocycles. The molecule has 2 rings (SSSR count). The quantitative estimate of drug-likeness (QED) is 0.783. The van der Waals surface area contributed by atoms with Gasteiger partial charge in [-0.2, -0.15) is 0 Å². The van der Waals surface area contributed by atoms with Crippen molar-refractivity contribution in [3.63, 3.8) is 0 Å². The molecule has 1 amide bonds. The van der Waals surface area contributed by atoms with E-state index in [2.05, 4.69) is 15.6 Å². The molecule has 0 spiro atoms. The van der Waals surface area contributed by atoms with Crippen LogP contribution in [0.4, 0.5) is 5.69 Å². The predicted octanol–water partition coefficient (Wildman–Crippen LogP) is 1.24. The van der Waals surface area contributed by atoms with E-state index in [1.165, 1.54) is 5.56 Å². The Labute approximate surface area is 94.8 Å². The summed E-state index contributed by atoms with van der Waals surface area (Å²) in [5.74, 6) is 0.268. The van der Waals surface area contributed by atoms with Crippen molar-refractivity contribution in [2.75, 3.05) is 18.4 Å². The molecular weight excluding hydrogens is 202 g/mol. The highest BCUT2D eigenvalue weighted by atomic mass is 16.2. The number of aryl methyl sites for hydroxylation is 2. The van der Waals surface area contributed by atoms with Crippen LogP contribution in [0.1, 0.15) is 11.1 Å². The minimum atomic E-state index is -0.163. The van der Waals surface area contributed by atoms with Crippen LogP contribution in [-0.4, -0.2) is 24.8 Å². The van der Waals surface area contributed by atoms with Crippen molar-refractivity contribution in [1.82, 2.24) is 5.32 Å². The molecule has 1 aromatic rings. The minimum Gasteiger partial charge on any atom is -0.364 e. The summed E-state index contributed by atoms with van der Waals surface area (Å²) in [7, 11) is 0. The number of amidine groups is 1. The second kappa shape index (κ2) is 4.35. The van der Waals surface area contributed by atoms with E-state index in [4.69, 9.17) is 0 Å². The number of anilines is 1. The lowest BCUT2D eigenvalue weighted by Crippen LogP contribution is -2.32. The summed E-state index contributed by atoms with van der Waals surface area (Å²) in [6, 6.07) is 5.93. The van der Waals surface area contributed by atoms with Crippen molar-refractivity contribution in [3.8, 4) is 0 Å². The van der Waals surface area contributed by atoms with Gasteiger partial charge in [0, 0.05) is 12.2 Å². The summed E-state index contributed by atoms with van der Waals surface area (Å²) in [5, 5.41) is 5.79. The molecule has 0 saturated heterocycles. The third-order valence-corrected chi connectivity index (χ3v) is 2.52. The van der Waals surface area contributed by atoms with E-state index < -0.39 is 0 Å². The van der Waals surface area contributed by atoms with Gasteiger partial charge >= 0.3 is 0 Å². The average molecular weight is 217 g/mol. The summed E-state index contributed by atoms with van der Waals surface area (Å²) < 4.78 is 0. The Morgan fingerprint density at radius 3 is 2.88 bits per heavy atom. The van der Waals surface area contributed by atoms with Crippen LogP contribution in [0.3, 0.4) is 0 Å². The first kappa shape index (κ1) is 10.7. The summed E-state index contributed by atoms with van der Waals surface area (Å²) in [6.45, 7) is 5.43. The molecule has 0 fully saturated rings. The third kappa shape index (κ3) is 2.21. The van der Waals surface area contributed by atoms with Crippen molar-refractivity contribution in [1.29, 1.82) is 0 Å². The smallest absolute Gasteiger partial charge is 0.290 e. The van der Waals surface area contributed by atoms with Crippen LogP contribution in [0.2, 0.25) is 0 Å². The molecule has 0 atom stereocenters. The van der Waals surface area contributed by atoms with Gasteiger partial charge in [-0.15, -0.1) is 0 Å². The standard InChI is InChI=1S/C12H15N3O/c1-8-3-4-10(9(2)7-8)15-12(16)11-13-5-6-14-11/h3-4,7H,5-6H2,1-2H3,(H,13,14)(H,15,16). The Kier molecular flexibility index (Phi) is 2.90. The molecule has 1 heterocycles. The highest BCUT2D eigenvalue weighted by Gasteiger charge is 2.15. The van der Waals surface area contributed by atoms with Gasteiger partial charge in [0.2, 0.25) is 0 Å². The van der Waals surface area contributed by atoms with Gasteiger partial charge in [-0.3, -0.25) is 9.79 Å². The fourth-order valence-electron chi connectivity index (χ4n) is 1.69. The molecule has 4 nitrogen and oxygen atoms in total. The van der Waals surface area contributed by atoms with Gasteiger partial charge in [-0.05, 0) is 25.5 Å². The molecule has 4 heteroatoms. The minimum absolute atomic E-state index is 0.163. The first-order chi connectivity index (χ1) is 7.66. The SMILES string of the molecule is Cc1ccc(NC(=O)C2=NCCN2)c(C)c1. The average Bonchev–Trinajstić information content (AvgIpc) is 2.75. The third-order valence-electron chi connectivity index (χ3n) is 2.52. The molecule has 84 valence electrons.